The van der Waals surface area contributed by atoms with Gasteiger partial charge < -0.3 is 15.1 Å². The standard InChI is InChI=1S/C19H25N3O3/c1-4-20-18(24)13-21(5-2)19(25)12-17-16-9-7-6-8-15(16)10-11-22(17)14(3)23/h6-11,17H,4-5,12-13H2,1-3H3,(H,20,24). The minimum Gasteiger partial charge on any atom is -0.355 e. The molecule has 25 heavy (non-hydrogen) atoms. The molecule has 0 spiro atoms. The molecule has 0 aliphatic carbocycles. The van der Waals surface area contributed by atoms with Crippen molar-refractivity contribution in [3.63, 3.8) is 0 Å². The molecule has 0 aromatic heterocycles. The Kier molecular flexibility index (Phi) is 6.33. The zero-order valence-corrected chi connectivity index (χ0v) is 15.0. The van der Waals surface area contributed by atoms with Crippen LogP contribution >= 0.6 is 0 Å². The summed E-state index contributed by atoms with van der Waals surface area (Å²) in [5, 5.41) is 2.70. The van der Waals surface area contributed by atoms with Crippen LogP contribution < -0.4 is 5.32 Å². The van der Waals surface area contributed by atoms with Crippen molar-refractivity contribution in [3.8, 4) is 0 Å². The SMILES string of the molecule is CCNC(=O)CN(CC)C(=O)CC1c2ccccc2C=CN1C(C)=O. The number of benzene rings is 1. The fourth-order valence-corrected chi connectivity index (χ4v) is 3.01. The second-order valence-electron chi connectivity index (χ2n) is 5.95. The molecule has 0 bridgehead atoms. The molecular weight excluding hydrogens is 318 g/mol. The Balaban J connectivity index is 2.19. The third kappa shape index (κ3) is 4.47. The van der Waals surface area contributed by atoms with Gasteiger partial charge in [0.15, 0.2) is 0 Å². The molecule has 6 nitrogen and oxygen atoms in total. The van der Waals surface area contributed by atoms with Crippen LogP contribution in [0.2, 0.25) is 0 Å². The van der Waals surface area contributed by atoms with Crippen LogP contribution in [0, 0.1) is 0 Å². The molecular formula is C19H25N3O3. The van der Waals surface area contributed by atoms with Gasteiger partial charge in [-0.3, -0.25) is 14.4 Å². The Morgan fingerprint density at radius 1 is 1.20 bits per heavy atom. The molecule has 1 aliphatic rings. The zero-order chi connectivity index (χ0) is 18.4. The Bertz CT molecular complexity index is 684. The van der Waals surface area contributed by atoms with E-state index in [1.54, 1.807) is 11.1 Å². The Morgan fingerprint density at radius 2 is 1.92 bits per heavy atom. The predicted molar refractivity (Wildman–Crippen MR) is 96.3 cm³/mol. The highest BCUT2D eigenvalue weighted by atomic mass is 16.2. The lowest BCUT2D eigenvalue weighted by Gasteiger charge is -2.33. The average Bonchev–Trinajstić information content (AvgIpc) is 2.59. The van der Waals surface area contributed by atoms with Crippen molar-refractivity contribution in [2.75, 3.05) is 19.6 Å². The topological polar surface area (TPSA) is 69.7 Å². The first-order valence-electron chi connectivity index (χ1n) is 8.58. The fraction of sp³-hybridized carbons (Fsp3) is 0.421. The number of nitrogens with zero attached hydrogens (tertiary/aromatic N) is 2. The van der Waals surface area contributed by atoms with E-state index in [0.717, 1.165) is 11.1 Å². The van der Waals surface area contributed by atoms with Gasteiger partial charge in [-0.2, -0.15) is 0 Å². The number of amides is 3. The van der Waals surface area contributed by atoms with Gasteiger partial charge in [-0.05, 0) is 31.1 Å². The molecule has 0 radical (unpaired) electrons. The van der Waals surface area contributed by atoms with E-state index < -0.39 is 0 Å². The summed E-state index contributed by atoms with van der Waals surface area (Å²) in [7, 11) is 0. The van der Waals surface area contributed by atoms with Crippen molar-refractivity contribution in [2.45, 2.75) is 33.2 Å². The van der Waals surface area contributed by atoms with Gasteiger partial charge in [0.25, 0.3) is 0 Å². The maximum Gasteiger partial charge on any atom is 0.239 e. The van der Waals surface area contributed by atoms with Crippen molar-refractivity contribution >= 4 is 23.8 Å². The molecule has 1 atom stereocenters. The van der Waals surface area contributed by atoms with E-state index >= 15 is 0 Å². The number of fused-ring (bicyclic) bond motifs is 1. The monoisotopic (exact) mass is 343 g/mol. The van der Waals surface area contributed by atoms with Gasteiger partial charge >= 0.3 is 0 Å². The Hall–Kier alpha value is -2.63. The van der Waals surface area contributed by atoms with Crippen molar-refractivity contribution in [3.05, 3.63) is 41.6 Å². The fourth-order valence-electron chi connectivity index (χ4n) is 3.01. The predicted octanol–water partition coefficient (Wildman–Crippen LogP) is 1.94. The van der Waals surface area contributed by atoms with Gasteiger partial charge in [0.2, 0.25) is 17.7 Å². The third-order valence-corrected chi connectivity index (χ3v) is 4.28. The van der Waals surface area contributed by atoms with Crippen LogP contribution in [0.4, 0.5) is 0 Å². The molecule has 1 N–H and O–H groups in total. The average molecular weight is 343 g/mol. The second kappa shape index (κ2) is 8.46. The number of hydrogen-bond acceptors (Lipinski definition) is 3. The molecule has 1 heterocycles. The van der Waals surface area contributed by atoms with Gasteiger partial charge in [0, 0.05) is 26.2 Å². The molecule has 134 valence electrons. The summed E-state index contributed by atoms with van der Waals surface area (Å²) in [6.45, 7) is 6.18. The van der Waals surface area contributed by atoms with Crippen LogP contribution in [0.5, 0.6) is 0 Å². The van der Waals surface area contributed by atoms with E-state index in [2.05, 4.69) is 5.32 Å². The van der Waals surface area contributed by atoms with Crippen LogP contribution in [0.25, 0.3) is 6.08 Å². The highest BCUT2D eigenvalue weighted by Gasteiger charge is 2.29. The number of likely N-dealkylation sites (N-methyl/N-ethyl adjacent to an activating group) is 2. The Morgan fingerprint density at radius 3 is 2.56 bits per heavy atom. The molecule has 1 aliphatic heterocycles. The second-order valence-corrected chi connectivity index (χ2v) is 5.95. The highest BCUT2D eigenvalue weighted by Crippen LogP contribution is 2.33. The maximum atomic E-state index is 12.7. The molecule has 1 aromatic rings. The summed E-state index contributed by atoms with van der Waals surface area (Å²) in [6.07, 6.45) is 3.75. The molecule has 0 saturated carbocycles. The van der Waals surface area contributed by atoms with Crippen molar-refractivity contribution < 1.29 is 14.4 Å². The van der Waals surface area contributed by atoms with Crippen molar-refractivity contribution in [2.24, 2.45) is 0 Å². The summed E-state index contributed by atoms with van der Waals surface area (Å²) in [4.78, 5) is 39.6. The number of rotatable bonds is 6. The normalized spacial score (nSPS) is 15.5. The van der Waals surface area contributed by atoms with Gasteiger partial charge in [-0.15, -0.1) is 0 Å². The smallest absolute Gasteiger partial charge is 0.239 e. The van der Waals surface area contributed by atoms with E-state index in [9.17, 15) is 14.4 Å². The molecule has 1 aromatic carbocycles. The van der Waals surface area contributed by atoms with Crippen LogP contribution in [0.15, 0.2) is 30.5 Å². The minimum absolute atomic E-state index is 0.0352. The van der Waals surface area contributed by atoms with Gasteiger partial charge in [-0.25, -0.2) is 0 Å². The van der Waals surface area contributed by atoms with E-state index in [-0.39, 0.29) is 36.7 Å². The van der Waals surface area contributed by atoms with Crippen molar-refractivity contribution in [1.29, 1.82) is 0 Å². The molecule has 2 rings (SSSR count). The first kappa shape index (κ1) is 18.7. The maximum absolute atomic E-state index is 12.7. The van der Waals surface area contributed by atoms with Gasteiger partial charge in [-0.1, -0.05) is 24.3 Å². The summed E-state index contributed by atoms with van der Waals surface area (Å²) < 4.78 is 0. The first-order valence-corrected chi connectivity index (χ1v) is 8.58. The lowest BCUT2D eigenvalue weighted by atomic mass is 9.93. The third-order valence-electron chi connectivity index (χ3n) is 4.28. The zero-order valence-electron chi connectivity index (χ0n) is 15.0. The van der Waals surface area contributed by atoms with E-state index in [1.807, 2.05) is 44.2 Å². The van der Waals surface area contributed by atoms with Crippen LogP contribution in [-0.4, -0.2) is 47.2 Å². The molecule has 3 amide bonds. The van der Waals surface area contributed by atoms with E-state index in [4.69, 9.17) is 0 Å². The van der Waals surface area contributed by atoms with Crippen LogP contribution in [0.1, 0.15) is 44.4 Å². The summed E-state index contributed by atoms with van der Waals surface area (Å²) in [6, 6.07) is 7.38. The molecule has 1 unspecified atom stereocenters. The molecule has 6 heteroatoms. The van der Waals surface area contributed by atoms with E-state index in [1.165, 1.54) is 11.8 Å². The van der Waals surface area contributed by atoms with Crippen molar-refractivity contribution in [1.82, 2.24) is 15.1 Å². The van der Waals surface area contributed by atoms with E-state index in [0.29, 0.717) is 13.1 Å². The number of carbonyl (C=O) groups is 3. The molecule has 0 saturated heterocycles. The number of carbonyl (C=O) groups excluding carboxylic acids is 3. The first-order chi connectivity index (χ1) is 12.0. The number of nitrogens with one attached hydrogen (secondary N) is 1. The quantitative estimate of drug-likeness (QED) is 0.858. The largest absolute Gasteiger partial charge is 0.355 e. The number of hydrogen-bond donors (Lipinski definition) is 1. The lowest BCUT2D eigenvalue weighted by molar-refractivity contribution is -0.138. The Labute approximate surface area is 148 Å². The van der Waals surface area contributed by atoms with Gasteiger partial charge in [0.05, 0.1) is 19.0 Å². The molecule has 0 fully saturated rings. The summed E-state index contributed by atoms with van der Waals surface area (Å²) >= 11 is 0. The highest BCUT2D eigenvalue weighted by molar-refractivity contribution is 5.86. The van der Waals surface area contributed by atoms with Gasteiger partial charge in [0.1, 0.15) is 0 Å². The van der Waals surface area contributed by atoms with Crippen LogP contribution in [-0.2, 0) is 14.4 Å². The minimum atomic E-state index is -0.352. The lowest BCUT2D eigenvalue weighted by Crippen LogP contribution is -2.42. The summed E-state index contributed by atoms with van der Waals surface area (Å²) in [5.74, 6) is -0.435. The van der Waals surface area contributed by atoms with Crippen LogP contribution in [0.3, 0.4) is 0 Å². The summed E-state index contributed by atoms with van der Waals surface area (Å²) in [5.41, 5.74) is 1.95.